The molecular formula is C23H25F3N6O3. The fourth-order valence-corrected chi connectivity index (χ4v) is 3.40. The minimum atomic E-state index is -4.54. The Balaban J connectivity index is 1.65. The number of nitrogens with two attached hydrogens (primary N) is 2. The number of urea groups is 1. The van der Waals surface area contributed by atoms with Crippen LogP contribution in [-0.2, 0) is 11.0 Å². The SMILES string of the molecule is Cc1noc(C)c1-c1ccc([C@H](CN)N/C=C(/NC(=O)Nc2cccc(C(F)(F)F)c2)ON)cc1. The van der Waals surface area contributed by atoms with Crippen molar-refractivity contribution >= 4 is 11.7 Å². The number of halogens is 3. The molecule has 0 saturated heterocycles. The second kappa shape index (κ2) is 10.9. The fourth-order valence-electron chi connectivity index (χ4n) is 3.40. The lowest BCUT2D eigenvalue weighted by molar-refractivity contribution is -0.137. The number of anilines is 1. The van der Waals surface area contributed by atoms with Gasteiger partial charge in [0.25, 0.3) is 0 Å². The Hall–Kier alpha value is -4.03. The zero-order valence-electron chi connectivity index (χ0n) is 18.9. The third-order valence-electron chi connectivity index (χ3n) is 5.10. The van der Waals surface area contributed by atoms with Crippen molar-refractivity contribution in [3.63, 3.8) is 0 Å². The number of amides is 2. The van der Waals surface area contributed by atoms with Crippen LogP contribution in [0.3, 0.4) is 0 Å². The van der Waals surface area contributed by atoms with Crippen molar-refractivity contribution in [1.29, 1.82) is 0 Å². The predicted octanol–water partition coefficient (Wildman–Crippen LogP) is 4.08. The summed E-state index contributed by atoms with van der Waals surface area (Å²) >= 11 is 0. The number of aromatic nitrogens is 1. The lowest BCUT2D eigenvalue weighted by atomic mass is 10.00. The van der Waals surface area contributed by atoms with Gasteiger partial charge in [-0.3, -0.25) is 5.32 Å². The van der Waals surface area contributed by atoms with Crippen LogP contribution in [0.4, 0.5) is 23.7 Å². The van der Waals surface area contributed by atoms with Crippen molar-refractivity contribution in [1.82, 2.24) is 15.8 Å². The summed E-state index contributed by atoms with van der Waals surface area (Å²) in [5.74, 6) is 5.75. The van der Waals surface area contributed by atoms with Gasteiger partial charge in [-0.05, 0) is 43.2 Å². The van der Waals surface area contributed by atoms with Crippen LogP contribution in [0.15, 0.2) is 65.1 Å². The molecule has 9 nitrogen and oxygen atoms in total. The number of carbonyl (C=O) groups is 1. The van der Waals surface area contributed by atoms with Gasteiger partial charge in [0, 0.05) is 17.8 Å². The van der Waals surface area contributed by atoms with Crippen LogP contribution < -0.4 is 27.6 Å². The maximum Gasteiger partial charge on any atom is 0.416 e. The second-order valence-electron chi connectivity index (χ2n) is 7.56. The summed E-state index contributed by atoms with van der Waals surface area (Å²) in [7, 11) is 0. The monoisotopic (exact) mass is 490 g/mol. The molecule has 3 rings (SSSR count). The van der Waals surface area contributed by atoms with Gasteiger partial charge in [-0.1, -0.05) is 35.5 Å². The molecule has 0 unspecified atom stereocenters. The standard InChI is InChI=1S/C23H25F3N6O3/c1-13-21(14(2)35-32-13)16-8-6-15(7-9-16)19(11-27)29-12-20(34-28)31-22(33)30-18-5-3-4-17(10-18)23(24,25)26/h3-10,12,19,29H,11,27-28H2,1-2H3,(H2,30,31,33)/b20-12-/t19-/m0/s1. The number of benzene rings is 2. The number of carbonyl (C=O) groups excluding carboxylic acids is 1. The lowest BCUT2D eigenvalue weighted by Gasteiger charge is -2.17. The zero-order valence-corrected chi connectivity index (χ0v) is 18.9. The molecule has 2 aromatic carbocycles. The van der Waals surface area contributed by atoms with Crippen molar-refractivity contribution in [3.05, 3.63) is 83.2 Å². The van der Waals surface area contributed by atoms with Gasteiger partial charge in [0.05, 0.1) is 23.5 Å². The Morgan fingerprint density at radius 2 is 1.91 bits per heavy atom. The summed E-state index contributed by atoms with van der Waals surface area (Å²) in [5, 5.41) is 11.6. The van der Waals surface area contributed by atoms with Crippen LogP contribution in [-0.4, -0.2) is 17.7 Å². The molecule has 1 aromatic heterocycles. The van der Waals surface area contributed by atoms with Crippen LogP contribution in [0, 0.1) is 13.8 Å². The molecule has 1 atom stereocenters. The third kappa shape index (κ3) is 6.52. The van der Waals surface area contributed by atoms with Crippen LogP contribution in [0.1, 0.15) is 28.6 Å². The van der Waals surface area contributed by atoms with Crippen LogP contribution in [0.25, 0.3) is 11.1 Å². The van der Waals surface area contributed by atoms with Gasteiger partial charge in [0.1, 0.15) is 5.76 Å². The van der Waals surface area contributed by atoms with Gasteiger partial charge in [-0.15, -0.1) is 0 Å². The quantitative estimate of drug-likeness (QED) is 0.237. The van der Waals surface area contributed by atoms with E-state index in [1.165, 1.54) is 18.3 Å². The van der Waals surface area contributed by atoms with E-state index >= 15 is 0 Å². The van der Waals surface area contributed by atoms with Crippen molar-refractivity contribution in [2.75, 3.05) is 11.9 Å². The normalized spacial score (nSPS) is 12.7. The van der Waals surface area contributed by atoms with Crippen molar-refractivity contribution < 1.29 is 27.3 Å². The average Bonchev–Trinajstić information content (AvgIpc) is 3.16. The molecule has 0 aliphatic heterocycles. The molecule has 7 N–H and O–H groups in total. The van der Waals surface area contributed by atoms with E-state index in [1.54, 1.807) is 0 Å². The molecule has 0 saturated carbocycles. The third-order valence-corrected chi connectivity index (χ3v) is 5.10. The highest BCUT2D eigenvalue weighted by atomic mass is 19.4. The number of aryl methyl sites for hydroxylation is 2. The molecule has 0 aliphatic rings. The van der Waals surface area contributed by atoms with E-state index in [2.05, 4.69) is 25.9 Å². The molecular weight excluding hydrogens is 465 g/mol. The topological polar surface area (TPSA) is 140 Å². The number of hydrogen-bond acceptors (Lipinski definition) is 7. The molecule has 0 aliphatic carbocycles. The Labute approximate surface area is 199 Å². The van der Waals surface area contributed by atoms with E-state index in [-0.39, 0.29) is 24.2 Å². The van der Waals surface area contributed by atoms with Gasteiger partial charge in [0.2, 0.25) is 5.88 Å². The summed E-state index contributed by atoms with van der Waals surface area (Å²) in [6.45, 7) is 3.90. The van der Waals surface area contributed by atoms with E-state index < -0.39 is 17.8 Å². The van der Waals surface area contributed by atoms with E-state index in [0.29, 0.717) is 5.76 Å². The average molecular weight is 490 g/mol. The number of rotatable bonds is 8. The summed E-state index contributed by atoms with van der Waals surface area (Å²) in [6.07, 6.45) is -3.24. The molecule has 3 aromatic rings. The number of nitrogens with one attached hydrogen (secondary N) is 3. The first-order valence-electron chi connectivity index (χ1n) is 10.4. The fraction of sp³-hybridized carbons (Fsp3) is 0.217. The second-order valence-corrected chi connectivity index (χ2v) is 7.56. The number of nitrogens with zero attached hydrogens (tertiary/aromatic N) is 1. The van der Waals surface area contributed by atoms with Crippen molar-refractivity contribution in [3.8, 4) is 11.1 Å². The molecule has 35 heavy (non-hydrogen) atoms. The molecule has 186 valence electrons. The van der Waals surface area contributed by atoms with Crippen LogP contribution in [0.5, 0.6) is 0 Å². The summed E-state index contributed by atoms with van der Waals surface area (Å²) in [4.78, 5) is 16.8. The highest BCUT2D eigenvalue weighted by Gasteiger charge is 2.30. The predicted molar refractivity (Wildman–Crippen MR) is 123 cm³/mol. The van der Waals surface area contributed by atoms with Gasteiger partial charge >= 0.3 is 12.2 Å². The molecule has 0 spiro atoms. The van der Waals surface area contributed by atoms with E-state index in [4.69, 9.17) is 16.2 Å². The van der Waals surface area contributed by atoms with E-state index in [0.717, 1.165) is 34.5 Å². The molecule has 2 amide bonds. The van der Waals surface area contributed by atoms with E-state index in [1.807, 2.05) is 38.1 Å². The van der Waals surface area contributed by atoms with Crippen molar-refractivity contribution in [2.45, 2.75) is 26.1 Å². The van der Waals surface area contributed by atoms with Gasteiger partial charge in [0.15, 0.2) is 0 Å². The number of alkyl halides is 3. The largest absolute Gasteiger partial charge is 0.416 e. The van der Waals surface area contributed by atoms with Crippen LogP contribution in [0.2, 0.25) is 0 Å². The molecule has 0 bridgehead atoms. The summed E-state index contributed by atoms with van der Waals surface area (Å²) in [5.41, 5.74) is 8.43. The first-order chi connectivity index (χ1) is 16.6. The minimum Gasteiger partial charge on any atom is -0.391 e. The lowest BCUT2D eigenvalue weighted by Crippen LogP contribution is -2.32. The van der Waals surface area contributed by atoms with Gasteiger partial charge in [-0.2, -0.15) is 19.1 Å². The van der Waals surface area contributed by atoms with Gasteiger partial charge < -0.3 is 25.7 Å². The Kier molecular flexibility index (Phi) is 7.99. The Bertz CT molecular complexity index is 1170. The Morgan fingerprint density at radius 1 is 1.20 bits per heavy atom. The number of hydrogen-bond donors (Lipinski definition) is 5. The highest BCUT2D eigenvalue weighted by Crippen LogP contribution is 2.31. The summed E-state index contributed by atoms with van der Waals surface area (Å²) in [6, 6.07) is 10.6. The van der Waals surface area contributed by atoms with Crippen LogP contribution >= 0.6 is 0 Å². The molecule has 1 heterocycles. The smallest absolute Gasteiger partial charge is 0.391 e. The maximum absolute atomic E-state index is 12.8. The molecule has 12 heteroatoms. The molecule has 0 radical (unpaired) electrons. The highest BCUT2D eigenvalue weighted by molar-refractivity contribution is 5.90. The Morgan fingerprint density at radius 3 is 2.49 bits per heavy atom. The van der Waals surface area contributed by atoms with Crippen molar-refractivity contribution in [2.24, 2.45) is 11.6 Å². The molecule has 0 fully saturated rings. The maximum atomic E-state index is 12.8. The first-order valence-corrected chi connectivity index (χ1v) is 10.4. The minimum absolute atomic E-state index is 0.0557. The first kappa shape index (κ1) is 25.6. The van der Waals surface area contributed by atoms with Gasteiger partial charge in [-0.25, -0.2) is 4.79 Å². The zero-order chi connectivity index (χ0) is 25.6. The van der Waals surface area contributed by atoms with E-state index in [9.17, 15) is 18.0 Å². The summed E-state index contributed by atoms with van der Waals surface area (Å²) < 4.78 is 43.8.